The summed E-state index contributed by atoms with van der Waals surface area (Å²) in [5.41, 5.74) is -0.153. The largest absolute Gasteiger partial charge is 0.508 e. The maximum Gasteiger partial charge on any atom is 0.269 e. The van der Waals surface area contributed by atoms with Crippen molar-refractivity contribution in [2.45, 2.75) is 137 Å². The van der Waals surface area contributed by atoms with Crippen molar-refractivity contribution in [1.82, 2.24) is 21.3 Å². The van der Waals surface area contributed by atoms with Crippen LogP contribution in [0.3, 0.4) is 0 Å². The molecule has 0 aliphatic heterocycles. The molecule has 0 saturated carbocycles. The Morgan fingerprint density at radius 3 is 1.85 bits per heavy atom. The topological polar surface area (TPSA) is 180 Å². The van der Waals surface area contributed by atoms with Crippen LogP contribution in [-0.4, -0.2) is 58.8 Å². The highest BCUT2D eigenvalue weighted by Gasteiger charge is 2.28. The smallest absolute Gasteiger partial charge is 0.269 e. The van der Waals surface area contributed by atoms with E-state index in [1.165, 1.54) is 44.9 Å². The van der Waals surface area contributed by atoms with Crippen molar-refractivity contribution in [3.63, 3.8) is 0 Å². The molecule has 1 rings (SSSR count). The lowest BCUT2D eigenvalue weighted by Crippen LogP contribution is -2.54. The van der Waals surface area contributed by atoms with Crippen LogP contribution in [0.15, 0.2) is 18.2 Å². The summed E-state index contributed by atoms with van der Waals surface area (Å²) in [4.78, 5) is 61.8. The molecule has 0 spiro atoms. The van der Waals surface area contributed by atoms with Crippen molar-refractivity contribution in [2.75, 3.05) is 13.1 Å². The number of rotatable bonds is 25. The van der Waals surface area contributed by atoms with Gasteiger partial charge < -0.3 is 26.4 Å². The fourth-order valence-electron chi connectivity index (χ4n) is 5.27. The number of carbonyl (C=O) groups excluding carboxylic acids is 4. The van der Waals surface area contributed by atoms with Crippen LogP contribution in [0.1, 0.15) is 124 Å². The number of nitrogens with zero attached hydrogens (tertiary/aromatic N) is 1. The zero-order valence-corrected chi connectivity index (χ0v) is 29.2. The van der Waals surface area contributed by atoms with E-state index in [4.69, 9.17) is 0 Å². The summed E-state index contributed by atoms with van der Waals surface area (Å²) in [6, 6.07) is 1.84. The molecule has 1 aromatic carbocycles. The third-order valence-corrected chi connectivity index (χ3v) is 7.83. The van der Waals surface area contributed by atoms with Crippen molar-refractivity contribution in [1.29, 1.82) is 0 Å². The van der Waals surface area contributed by atoms with Crippen molar-refractivity contribution in [2.24, 2.45) is 11.8 Å². The summed E-state index contributed by atoms with van der Waals surface area (Å²) >= 11 is 0. The highest BCUT2D eigenvalue weighted by molar-refractivity contribution is 5.92. The van der Waals surface area contributed by atoms with Gasteiger partial charge in [0.2, 0.25) is 23.6 Å². The average molecular weight is 662 g/mol. The van der Waals surface area contributed by atoms with Gasteiger partial charge in [0, 0.05) is 37.2 Å². The van der Waals surface area contributed by atoms with Gasteiger partial charge in [-0.2, -0.15) is 0 Å². The van der Waals surface area contributed by atoms with E-state index in [0.717, 1.165) is 37.5 Å². The fourth-order valence-corrected chi connectivity index (χ4v) is 5.27. The molecule has 1 aromatic rings. The molecule has 0 radical (unpaired) electrons. The second-order valence-corrected chi connectivity index (χ2v) is 13.3. The normalized spacial score (nSPS) is 12.4. The highest BCUT2D eigenvalue weighted by atomic mass is 16.6. The Hall–Kier alpha value is -3.70. The number of benzene rings is 1. The number of nitro benzene ring substituents is 1. The zero-order chi connectivity index (χ0) is 35.2. The van der Waals surface area contributed by atoms with Crippen molar-refractivity contribution in [3.05, 3.63) is 33.9 Å². The molecule has 0 aromatic heterocycles. The minimum atomic E-state index is -0.857. The Morgan fingerprint density at radius 1 is 0.745 bits per heavy atom. The molecule has 5 N–H and O–H groups in total. The molecule has 0 aliphatic rings. The monoisotopic (exact) mass is 661 g/mol. The molecule has 0 bridgehead atoms. The maximum absolute atomic E-state index is 13.3. The lowest BCUT2D eigenvalue weighted by molar-refractivity contribution is -0.384. The Kier molecular flexibility index (Phi) is 20.7. The number of hydrogen-bond acceptors (Lipinski definition) is 7. The maximum atomic E-state index is 13.3. The van der Waals surface area contributed by atoms with Gasteiger partial charge in [0.1, 0.15) is 17.8 Å². The van der Waals surface area contributed by atoms with Gasteiger partial charge in [-0.25, -0.2) is 0 Å². The summed E-state index contributed by atoms with van der Waals surface area (Å²) < 4.78 is 0. The summed E-state index contributed by atoms with van der Waals surface area (Å²) in [7, 11) is 0. The fraction of sp³-hybridized carbons (Fsp3) is 0.714. The summed E-state index contributed by atoms with van der Waals surface area (Å²) in [5.74, 6) is -1.63. The number of carbonyl (C=O) groups is 4. The molecule has 2 atom stereocenters. The Morgan fingerprint density at radius 2 is 1.30 bits per heavy atom. The standard InChI is InChI=1S/C35H59N5O7/c1-6-7-8-9-10-11-12-13-14-15-19-37-34(44)29(21-25(2)3)39-35(45)30(22-26(4)5)38-32(42)18-20-36-33(43)24-27-23-28(40(46)47)16-17-31(27)41/h16-17,23,25-26,29-30,41H,6-15,18-22,24H2,1-5H3,(H,36,43)(H,37,44)(H,38,42)(H,39,45)/t29-,30-/m0/s1. The molecule has 0 saturated heterocycles. The van der Waals surface area contributed by atoms with E-state index in [-0.39, 0.29) is 54.1 Å². The molecule has 12 heteroatoms. The SMILES string of the molecule is CCCCCCCCCCCCNC(=O)[C@H](CC(C)C)NC(=O)[C@H](CC(C)C)NC(=O)CCNC(=O)Cc1cc([N+](=O)[O-])ccc1O. The predicted molar refractivity (Wildman–Crippen MR) is 184 cm³/mol. The molecule has 0 unspecified atom stereocenters. The molecule has 0 aliphatic carbocycles. The van der Waals surface area contributed by atoms with Gasteiger partial charge in [0.05, 0.1) is 11.3 Å². The number of unbranched alkanes of at least 4 members (excludes halogenated alkanes) is 9. The van der Waals surface area contributed by atoms with E-state index in [1.807, 2.05) is 27.7 Å². The van der Waals surface area contributed by atoms with Crippen LogP contribution in [-0.2, 0) is 25.6 Å². The summed E-state index contributed by atoms with van der Waals surface area (Å²) in [6.07, 6.45) is 12.5. The van der Waals surface area contributed by atoms with Crippen molar-refractivity contribution >= 4 is 29.3 Å². The molecule has 266 valence electrons. The van der Waals surface area contributed by atoms with Gasteiger partial charge in [0.25, 0.3) is 5.69 Å². The first-order chi connectivity index (χ1) is 22.3. The van der Waals surface area contributed by atoms with Crippen molar-refractivity contribution in [3.8, 4) is 5.75 Å². The van der Waals surface area contributed by atoms with Crippen LogP contribution in [0.4, 0.5) is 5.69 Å². The number of hydrogen-bond donors (Lipinski definition) is 5. The Balaban J connectivity index is 2.57. The molecule has 0 heterocycles. The van der Waals surface area contributed by atoms with Crippen LogP contribution in [0.2, 0.25) is 0 Å². The van der Waals surface area contributed by atoms with E-state index >= 15 is 0 Å². The van der Waals surface area contributed by atoms with E-state index in [2.05, 4.69) is 28.2 Å². The second-order valence-electron chi connectivity index (χ2n) is 13.3. The summed E-state index contributed by atoms with van der Waals surface area (Å²) in [5, 5.41) is 32.1. The number of phenols is 1. The van der Waals surface area contributed by atoms with Gasteiger partial charge in [-0.1, -0.05) is 92.4 Å². The van der Waals surface area contributed by atoms with E-state index in [0.29, 0.717) is 19.4 Å². The number of amides is 4. The predicted octanol–water partition coefficient (Wildman–Crippen LogP) is 5.45. The first-order valence-corrected chi connectivity index (χ1v) is 17.4. The van der Waals surface area contributed by atoms with Gasteiger partial charge >= 0.3 is 0 Å². The van der Waals surface area contributed by atoms with Crippen LogP contribution in [0, 0.1) is 22.0 Å². The number of non-ortho nitro benzene ring substituents is 1. The third kappa shape index (κ3) is 18.9. The summed E-state index contributed by atoms with van der Waals surface area (Å²) in [6.45, 7) is 10.6. The van der Waals surface area contributed by atoms with Crippen LogP contribution in [0.5, 0.6) is 5.75 Å². The molecule has 4 amide bonds. The number of nitrogens with one attached hydrogen (secondary N) is 4. The molecule has 0 fully saturated rings. The first kappa shape index (κ1) is 41.3. The Bertz CT molecular complexity index is 1130. The van der Waals surface area contributed by atoms with E-state index < -0.39 is 34.7 Å². The quantitative estimate of drug-likeness (QED) is 0.0525. The number of phenolic OH excluding ortho intramolecular Hbond substituents is 1. The Labute approximate surface area is 280 Å². The van der Waals surface area contributed by atoms with E-state index in [9.17, 15) is 34.4 Å². The molecular formula is C35H59N5O7. The lowest BCUT2D eigenvalue weighted by atomic mass is 10.00. The van der Waals surface area contributed by atoms with Crippen LogP contribution in [0.25, 0.3) is 0 Å². The average Bonchev–Trinajstić information content (AvgIpc) is 2.99. The van der Waals surface area contributed by atoms with Gasteiger partial charge in [-0.05, 0) is 37.2 Å². The number of aromatic hydroxyl groups is 1. The second kappa shape index (κ2) is 23.6. The molecular weight excluding hydrogens is 602 g/mol. The first-order valence-electron chi connectivity index (χ1n) is 17.4. The van der Waals surface area contributed by atoms with Gasteiger partial charge in [0.15, 0.2) is 0 Å². The van der Waals surface area contributed by atoms with Crippen LogP contribution >= 0.6 is 0 Å². The highest BCUT2D eigenvalue weighted by Crippen LogP contribution is 2.23. The van der Waals surface area contributed by atoms with Gasteiger partial charge in [-0.15, -0.1) is 0 Å². The van der Waals surface area contributed by atoms with Gasteiger partial charge in [-0.3, -0.25) is 29.3 Å². The minimum absolute atomic E-state index is 0.0340. The molecule has 47 heavy (non-hydrogen) atoms. The zero-order valence-electron chi connectivity index (χ0n) is 29.2. The third-order valence-electron chi connectivity index (χ3n) is 7.83. The van der Waals surface area contributed by atoms with Crippen LogP contribution < -0.4 is 21.3 Å². The van der Waals surface area contributed by atoms with Crippen molar-refractivity contribution < 1.29 is 29.2 Å². The minimum Gasteiger partial charge on any atom is -0.508 e. The number of nitro groups is 1. The molecule has 12 nitrogen and oxygen atoms in total. The lowest BCUT2D eigenvalue weighted by Gasteiger charge is -2.25. The van der Waals surface area contributed by atoms with E-state index in [1.54, 1.807) is 0 Å².